The summed E-state index contributed by atoms with van der Waals surface area (Å²) >= 11 is 0. The first-order chi connectivity index (χ1) is 12.2. The zero-order chi connectivity index (χ0) is 17.5. The highest BCUT2D eigenvalue weighted by Gasteiger charge is 2.06. The summed E-state index contributed by atoms with van der Waals surface area (Å²) in [6.07, 6.45) is 3.79. The van der Waals surface area contributed by atoms with E-state index in [4.69, 9.17) is 0 Å². The van der Waals surface area contributed by atoms with Crippen LogP contribution in [-0.2, 0) is 0 Å². The molecule has 0 unspecified atom stereocenters. The highest BCUT2D eigenvalue weighted by molar-refractivity contribution is 6.10. The molecule has 1 nitrogen and oxygen atoms in total. The van der Waals surface area contributed by atoms with Gasteiger partial charge >= 0.3 is 0 Å². The van der Waals surface area contributed by atoms with Gasteiger partial charge in [0, 0.05) is 5.56 Å². The van der Waals surface area contributed by atoms with Crippen molar-refractivity contribution in [2.75, 3.05) is 0 Å². The summed E-state index contributed by atoms with van der Waals surface area (Å²) in [4.78, 5) is 12.6. The van der Waals surface area contributed by atoms with Crippen LogP contribution < -0.4 is 0 Å². The number of hydrogen-bond donors (Lipinski definition) is 0. The van der Waals surface area contributed by atoms with Gasteiger partial charge in [0.05, 0.1) is 0 Å². The molecule has 3 aromatic carbocycles. The van der Waals surface area contributed by atoms with Crippen molar-refractivity contribution in [1.29, 1.82) is 0 Å². The molecule has 0 bridgehead atoms. The minimum Gasteiger partial charge on any atom is -0.289 e. The number of ketones is 1. The summed E-state index contributed by atoms with van der Waals surface area (Å²) in [6, 6.07) is 29.6. The van der Waals surface area contributed by atoms with Gasteiger partial charge < -0.3 is 0 Å². The molecule has 3 aromatic rings. The van der Waals surface area contributed by atoms with Crippen LogP contribution in [-0.4, -0.2) is 5.78 Å². The third-order valence-electron chi connectivity index (χ3n) is 4.05. The number of carbonyl (C=O) groups excluding carboxylic acids is 1. The van der Waals surface area contributed by atoms with Crippen LogP contribution in [0, 0.1) is 0 Å². The van der Waals surface area contributed by atoms with E-state index in [-0.39, 0.29) is 5.78 Å². The third kappa shape index (κ3) is 4.42. The topological polar surface area (TPSA) is 17.1 Å². The van der Waals surface area contributed by atoms with Gasteiger partial charge in [-0.25, -0.2) is 0 Å². The summed E-state index contributed by atoms with van der Waals surface area (Å²) in [5.74, 6) is 0.0107. The first-order valence-electron chi connectivity index (χ1n) is 8.34. The Labute approximate surface area is 149 Å². The third-order valence-corrected chi connectivity index (χ3v) is 4.05. The molecule has 0 aliphatic rings. The van der Waals surface area contributed by atoms with E-state index in [1.165, 1.54) is 0 Å². The second kappa shape index (κ2) is 8.07. The molecule has 0 saturated carbocycles. The minimum absolute atomic E-state index is 0.0107. The van der Waals surface area contributed by atoms with Crippen LogP contribution in [0.5, 0.6) is 0 Å². The Morgan fingerprint density at radius 3 is 1.56 bits per heavy atom. The van der Waals surface area contributed by atoms with E-state index >= 15 is 0 Å². The van der Waals surface area contributed by atoms with Crippen LogP contribution in [0.25, 0.3) is 11.1 Å². The Kier molecular flexibility index (Phi) is 5.38. The molecule has 0 heterocycles. The van der Waals surface area contributed by atoms with Crippen molar-refractivity contribution in [3.8, 4) is 0 Å². The van der Waals surface area contributed by atoms with Crippen molar-refractivity contribution in [3.05, 3.63) is 120 Å². The minimum atomic E-state index is 0.0107. The molecular weight excluding hydrogens is 304 g/mol. The van der Waals surface area contributed by atoms with Crippen molar-refractivity contribution >= 4 is 16.9 Å². The summed E-state index contributed by atoms with van der Waals surface area (Å²) < 4.78 is 0. The molecule has 0 aliphatic carbocycles. The van der Waals surface area contributed by atoms with Crippen LogP contribution >= 0.6 is 0 Å². The largest absolute Gasteiger partial charge is 0.289 e. The van der Waals surface area contributed by atoms with Gasteiger partial charge in [-0.15, -0.1) is 0 Å². The molecule has 0 spiro atoms. The Hall–Kier alpha value is -3.19. The van der Waals surface area contributed by atoms with Gasteiger partial charge in [0.15, 0.2) is 5.78 Å². The van der Waals surface area contributed by atoms with Crippen molar-refractivity contribution in [2.24, 2.45) is 0 Å². The predicted octanol–water partition coefficient (Wildman–Crippen LogP) is 6.06. The molecule has 122 valence electrons. The van der Waals surface area contributed by atoms with Gasteiger partial charge in [-0.05, 0) is 35.3 Å². The Morgan fingerprint density at radius 2 is 1.04 bits per heavy atom. The van der Waals surface area contributed by atoms with Gasteiger partial charge in [-0.1, -0.05) is 97.1 Å². The average Bonchev–Trinajstić information content (AvgIpc) is 2.69. The quantitative estimate of drug-likeness (QED) is 0.317. The molecule has 0 radical (unpaired) electrons. The van der Waals surface area contributed by atoms with Crippen molar-refractivity contribution in [1.82, 2.24) is 0 Å². The van der Waals surface area contributed by atoms with E-state index < -0.39 is 0 Å². The number of rotatable bonds is 5. The van der Waals surface area contributed by atoms with Crippen LogP contribution in [0.4, 0.5) is 0 Å². The number of benzene rings is 3. The molecule has 0 aliphatic heterocycles. The van der Waals surface area contributed by atoms with Crippen LogP contribution in [0.2, 0.25) is 0 Å². The molecule has 1 heteroatoms. The molecule has 25 heavy (non-hydrogen) atoms. The number of allylic oxidation sites excluding steroid dienone is 4. The lowest BCUT2D eigenvalue weighted by molar-refractivity contribution is 0.104. The van der Waals surface area contributed by atoms with E-state index in [0.717, 1.165) is 22.3 Å². The lowest BCUT2D eigenvalue weighted by Crippen LogP contribution is -1.96. The average molecular weight is 324 g/mol. The van der Waals surface area contributed by atoms with E-state index in [2.05, 4.69) is 25.1 Å². The van der Waals surface area contributed by atoms with E-state index in [1.54, 1.807) is 6.08 Å². The van der Waals surface area contributed by atoms with Crippen LogP contribution in [0.15, 0.2) is 103 Å². The first kappa shape index (κ1) is 16.7. The van der Waals surface area contributed by atoms with Gasteiger partial charge in [0.1, 0.15) is 0 Å². The maximum Gasteiger partial charge on any atom is 0.186 e. The smallest absolute Gasteiger partial charge is 0.186 e. The van der Waals surface area contributed by atoms with Crippen LogP contribution in [0.3, 0.4) is 0 Å². The SMILES string of the molecule is C/C(=C\C(=C/C(=O)c1ccccc1)c1ccccc1)c1ccccc1. The van der Waals surface area contributed by atoms with E-state index in [1.807, 2.05) is 78.9 Å². The summed E-state index contributed by atoms with van der Waals surface area (Å²) in [5, 5.41) is 0. The number of carbonyl (C=O) groups is 1. The van der Waals surface area contributed by atoms with Gasteiger partial charge in [0.2, 0.25) is 0 Å². The monoisotopic (exact) mass is 324 g/mol. The number of hydrogen-bond acceptors (Lipinski definition) is 1. The lowest BCUT2D eigenvalue weighted by atomic mass is 9.97. The normalized spacial score (nSPS) is 12.0. The molecule has 0 saturated heterocycles. The zero-order valence-corrected chi connectivity index (χ0v) is 14.2. The maximum atomic E-state index is 12.6. The van der Waals surface area contributed by atoms with Gasteiger partial charge in [0.25, 0.3) is 0 Å². The molecule has 0 fully saturated rings. The van der Waals surface area contributed by atoms with Crippen LogP contribution in [0.1, 0.15) is 28.4 Å². The molecule has 3 rings (SSSR count). The highest BCUT2D eigenvalue weighted by atomic mass is 16.1. The second-order valence-corrected chi connectivity index (χ2v) is 5.89. The Bertz CT molecular complexity index is 889. The van der Waals surface area contributed by atoms with Crippen molar-refractivity contribution < 1.29 is 4.79 Å². The molecular formula is C24H20O. The van der Waals surface area contributed by atoms with Gasteiger partial charge in [-0.3, -0.25) is 4.79 Å². The maximum absolute atomic E-state index is 12.6. The fourth-order valence-corrected chi connectivity index (χ4v) is 2.68. The Morgan fingerprint density at radius 1 is 0.600 bits per heavy atom. The fraction of sp³-hybridized carbons (Fsp3) is 0.0417. The van der Waals surface area contributed by atoms with Gasteiger partial charge in [-0.2, -0.15) is 0 Å². The van der Waals surface area contributed by atoms with Crippen molar-refractivity contribution in [3.63, 3.8) is 0 Å². The summed E-state index contributed by atoms with van der Waals surface area (Å²) in [5.41, 5.74) is 4.91. The second-order valence-electron chi connectivity index (χ2n) is 5.89. The summed E-state index contributed by atoms with van der Waals surface area (Å²) in [6.45, 7) is 2.07. The predicted molar refractivity (Wildman–Crippen MR) is 105 cm³/mol. The molecule has 0 amide bonds. The standard InChI is InChI=1S/C24H20O/c1-19(20-11-5-2-6-12-20)17-23(21-13-7-3-8-14-21)18-24(25)22-15-9-4-10-16-22/h2-18H,1H3/b19-17+,23-18+. The summed E-state index contributed by atoms with van der Waals surface area (Å²) in [7, 11) is 0. The Balaban J connectivity index is 2.02. The molecule has 0 N–H and O–H groups in total. The first-order valence-corrected chi connectivity index (χ1v) is 8.34. The zero-order valence-electron chi connectivity index (χ0n) is 14.2. The van der Waals surface area contributed by atoms with Crippen molar-refractivity contribution in [2.45, 2.75) is 6.92 Å². The van der Waals surface area contributed by atoms with E-state index in [0.29, 0.717) is 5.56 Å². The molecule has 0 atom stereocenters. The highest BCUT2D eigenvalue weighted by Crippen LogP contribution is 2.23. The lowest BCUT2D eigenvalue weighted by Gasteiger charge is -2.07. The fourth-order valence-electron chi connectivity index (χ4n) is 2.68. The van der Waals surface area contributed by atoms with E-state index in [9.17, 15) is 4.79 Å². The molecule has 0 aromatic heterocycles.